The van der Waals surface area contributed by atoms with Crippen LogP contribution in [0.1, 0.15) is 16.3 Å². The van der Waals surface area contributed by atoms with Gasteiger partial charge in [-0.3, -0.25) is 4.79 Å². The third kappa shape index (κ3) is 2.07. The molecule has 0 atom stereocenters. The number of anilines is 1. The second-order valence-electron chi connectivity index (χ2n) is 4.42. The summed E-state index contributed by atoms with van der Waals surface area (Å²) in [6.45, 7) is 0.333. The van der Waals surface area contributed by atoms with Gasteiger partial charge < -0.3 is 15.6 Å². The van der Waals surface area contributed by atoms with Crippen LogP contribution in [-0.4, -0.2) is 43.2 Å². The first-order chi connectivity index (χ1) is 9.65. The summed E-state index contributed by atoms with van der Waals surface area (Å²) in [6.07, 6.45) is 0. The zero-order valence-corrected chi connectivity index (χ0v) is 10.8. The number of carbonyl (C=O) groups is 1. The van der Waals surface area contributed by atoms with Crippen LogP contribution in [0.2, 0.25) is 0 Å². The number of amides is 1. The van der Waals surface area contributed by atoms with E-state index in [1.165, 1.54) is 4.90 Å². The summed E-state index contributed by atoms with van der Waals surface area (Å²) in [6, 6.07) is 7.68. The standard InChI is InChI=1S/C12H13N7O/c1-19(12(20)10-11(13)17-18-16-10)6-9-14-7-4-2-3-5-8(7)15-9/h2-5H,6H2,1H3,(H,14,15)(H3,13,16,17,18). The molecule has 0 aliphatic carbocycles. The number of nitrogen functional groups attached to an aromatic ring is 1. The minimum atomic E-state index is -0.309. The van der Waals surface area contributed by atoms with Crippen molar-refractivity contribution in [2.75, 3.05) is 12.8 Å². The third-order valence-electron chi connectivity index (χ3n) is 2.95. The number of benzene rings is 1. The normalized spacial score (nSPS) is 10.8. The Kier molecular flexibility index (Phi) is 2.82. The average Bonchev–Trinajstić information content (AvgIpc) is 3.03. The molecule has 102 valence electrons. The van der Waals surface area contributed by atoms with E-state index < -0.39 is 0 Å². The molecule has 4 N–H and O–H groups in total. The highest BCUT2D eigenvalue weighted by Gasteiger charge is 2.19. The van der Waals surface area contributed by atoms with Gasteiger partial charge in [-0.15, -0.1) is 10.2 Å². The van der Waals surface area contributed by atoms with Crippen LogP contribution in [0.3, 0.4) is 0 Å². The number of fused-ring (bicyclic) bond motifs is 1. The van der Waals surface area contributed by atoms with Gasteiger partial charge in [0.05, 0.1) is 17.6 Å². The Balaban J connectivity index is 1.80. The Morgan fingerprint density at radius 1 is 1.35 bits per heavy atom. The molecular weight excluding hydrogens is 258 g/mol. The summed E-state index contributed by atoms with van der Waals surface area (Å²) in [5.41, 5.74) is 7.47. The highest BCUT2D eigenvalue weighted by Crippen LogP contribution is 2.13. The van der Waals surface area contributed by atoms with E-state index in [2.05, 4.69) is 25.4 Å². The molecule has 20 heavy (non-hydrogen) atoms. The SMILES string of the molecule is CN(Cc1nc2ccccc2[nH]1)C(=O)c1n[nH]nc1N. The van der Waals surface area contributed by atoms with Crippen molar-refractivity contribution >= 4 is 22.8 Å². The summed E-state index contributed by atoms with van der Waals surface area (Å²) in [5.74, 6) is 0.479. The van der Waals surface area contributed by atoms with Crippen LogP contribution in [0.25, 0.3) is 11.0 Å². The van der Waals surface area contributed by atoms with Crippen LogP contribution in [0.4, 0.5) is 5.82 Å². The first-order valence-corrected chi connectivity index (χ1v) is 6.00. The van der Waals surface area contributed by atoms with E-state index in [9.17, 15) is 4.79 Å². The Hall–Kier alpha value is -2.90. The quantitative estimate of drug-likeness (QED) is 0.642. The van der Waals surface area contributed by atoms with Gasteiger partial charge in [0.1, 0.15) is 5.82 Å². The summed E-state index contributed by atoms with van der Waals surface area (Å²) in [7, 11) is 1.66. The molecule has 8 heteroatoms. The largest absolute Gasteiger partial charge is 0.380 e. The smallest absolute Gasteiger partial charge is 0.278 e. The minimum Gasteiger partial charge on any atom is -0.380 e. The number of carbonyl (C=O) groups excluding carboxylic acids is 1. The van der Waals surface area contributed by atoms with Gasteiger partial charge in [0.2, 0.25) is 0 Å². The molecule has 2 aromatic heterocycles. The van der Waals surface area contributed by atoms with E-state index in [4.69, 9.17) is 5.73 Å². The topological polar surface area (TPSA) is 117 Å². The predicted octanol–water partition coefficient (Wildman–Crippen LogP) is 0.535. The number of imidazole rings is 1. The van der Waals surface area contributed by atoms with Crippen LogP contribution in [0.15, 0.2) is 24.3 Å². The number of para-hydroxylation sites is 2. The number of hydrogen-bond donors (Lipinski definition) is 3. The van der Waals surface area contributed by atoms with E-state index in [1.54, 1.807) is 7.05 Å². The molecule has 0 saturated carbocycles. The van der Waals surface area contributed by atoms with Gasteiger partial charge >= 0.3 is 0 Å². The minimum absolute atomic E-state index is 0.0893. The van der Waals surface area contributed by atoms with Gasteiger partial charge in [-0.2, -0.15) is 5.21 Å². The van der Waals surface area contributed by atoms with E-state index in [0.717, 1.165) is 11.0 Å². The number of rotatable bonds is 3. The average molecular weight is 271 g/mol. The molecule has 1 aromatic carbocycles. The lowest BCUT2D eigenvalue weighted by Gasteiger charge is -2.13. The van der Waals surface area contributed by atoms with Crippen molar-refractivity contribution < 1.29 is 4.79 Å². The van der Waals surface area contributed by atoms with E-state index in [-0.39, 0.29) is 17.4 Å². The molecule has 0 fully saturated rings. The number of nitrogens with one attached hydrogen (secondary N) is 2. The molecule has 8 nitrogen and oxygen atoms in total. The number of aromatic nitrogens is 5. The molecule has 3 aromatic rings. The highest BCUT2D eigenvalue weighted by molar-refractivity contribution is 5.95. The van der Waals surface area contributed by atoms with Gasteiger partial charge in [0, 0.05) is 7.05 Å². The van der Waals surface area contributed by atoms with Crippen molar-refractivity contribution in [3.05, 3.63) is 35.8 Å². The fourth-order valence-electron chi connectivity index (χ4n) is 1.95. The maximum atomic E-state index is 12.1. The van der Waals surface area contributed by atoms with Gasteiger partial charge in [0.25, 0.3) is 5.91 Å². The maximum Gasteiger partial charge on any atom is 0.278 e. The number of nitrogens with two attached hydrogens (primary N) is 1. The summed E-state index contributed by atoms with van der Waals surface area (Å²) < 4.78 is 0. The van der Waals surface area contributed by atoms with Crippen LogP contribution < -0.4 is 5.73 Å². The first kappa shape index (κ1) is 12.2. The molecule has 2 heterocycles. The summed E-state index contributed by atoms with van der Waals surface area (Å²) in [4.78, 5) is 21.2. The predicted molar refractivity (Wildman–Crippen MR) is 72.7 cm³/mol. The molecular formula is C12H13N7O. The Morgan fingerprint density at radius 3 is 2.85 bits per heavy atom. The highest BCUT2D eigenvalue weighted by atomic mass is 16.2. The zero-order valence-electron chi connectivity index (χ0n) is 10.8. The van der Waals surface area contributed by atoms with Crippen LogP contribution in [0.5, 0.6) is 0 Å². The number of nitrogens with zero attached hydrogens (tertiary/aromatic N) is 4. The van der Waals surface area contributed by atoms with Crippen LogP contribution in [0, 0.1) is 0 Å². The molecule has 3 rings (SSSR count). The fraction of sp³-hybridized carbons (Fsp3) is 0.167. The Morgan fingerprint density at radius 2 is 2.15 bits per heavy atom. The Labute approximate surface area is 114 Å². The third-order valence-corrected chi connectivity index (χ3v) is 2.95. The molecule has 0 radical (unpaired) electrons. The maximum absolute atomic E-state index is 12.1. The van der Waals surface area contributed by atoms with Crippen molar-refractivity contribution in [1.29, 1.82) is 0 Å². The summed E-state index contributed by atoms with van der Waals surface area (Å²) >= 11 is 0. The second kappa shape index (κ2) is 4.65. The number of H-pyrrole nitrogens is 2. The van der Waals surface area contributed by atoms with E-state index in [1.807, 2.05) is 24.3 Å². The number of aromatic amines is 2. The van der Waals surface area contributed by atoms with Gasteiger partial charge in [-0.25, -0.2) is 4.98 Å². The fourth-order valence-corrected chi connectivity index (χ4v) is 1.95. The molecule has 0 unspecified atom stereocenters. The molecule has 0 spiro atoms. The lowest BCUT2D eigenvalue weighted by molar-refractivity contribution is 0.0777. The lowest BCUT2D eigenvalue weighted by atomic mass is 10.3. The van der Waals surface area contributed by atoms with Gasteiger partial charge in [-0.05, 0) is 12.1 Å². The van der Waals surface area contributed by atoms with E-state index in [0.29, 0.717) is 12.4 Å². The van der Waals surface area contributed by atoms with Gasteiger partial charge in [0.15, 0.2) is 11.5 Å². The molecule has 1 amide bonds. The van der Waals surface area contributed by atoms with Crippen molar-refractivity contribution in [3.63, 3.8) is 0 Å². The van der Waals surface area contributed by atoms with Crippen LogP contribution in [-0.2, 0) is 6.54 Å². The second-order valence-corrected chi connectivity index (χ2v) is 4.42. The van der Waals surface area contributed by atoms with Crippen LogP contribution >= 0.6 is 0 Å². The number of hydrogen-bond acceptors (Lipinski definition) is 5. The van der Waals surface area contributed by atoms with Crippen molar-refractivity contribution in [2.45, 2.75) is 6.54 Å². The van der Waals surface area contributed by atoms with E-state index >= 15 is 0 Å². The van der Waals surface area contributed by atoms with Crippen molar-refractivity contribution in [3.8, 4) is 0 Å². The zero-order chi connectivity index (χ0) is 14.1. The van der Waals surface area contributed by atoms with Crippen molar-refractivity contribution in [2.24, 2.45) is 0 Å². The molecule has 0 bridgehead atoms. The Bertz CT molecular complexity index is 727. The molecule has 0 aliphatic rings. The lowest BCUT2D eigenvalue weighted by Crippen LogP contribution is -2.27. The monoisotopic (exact) mass is 271 g/mol. The molecule has 0 saturated heterocycles. The van der Waals surface area contributed by atoms with Crippen molar-refractivity contribution in [1.82, 2.24) is 30.3 Å². The molecule has 0 aliphatic heterocycles. The van der Waals surface area contributed by atoms with Gasteiger partial charge in [-0.1, -0.05) is 12.1 Å². The summed E-state index contributed by atoms with van der Waals surface area (Å²) in [5, 5.41) is 9.69. The first-order valence-electron chi connectivity index (χ1n) is 6.00.